The van der Waals surface area contributed by atoms with Gasteiger partial charge in [0.1, 0.15) is 0 Å². The van der Waals surface area contributed by atoms with Crippen LogP contribution in [-0.2, 0) is 5.41 Å². The van der Waals surface area contributed by atoms with Crippen molar-refractivity contribution in [1.29, 1.82) is 0 Å². The number of nitrogens with zero attached hydrogens (tertiary/aromatic N) is 2. The predicted molar refractivity (Wildman–Crippen MR) is 354 cm³/mol. The molecule has 0 saturated heterocycles. The summed E-state index contributed by atoms with van der Waals surface area (Å²) in [6, 6.07) is 88.8. The normalized spacial score (nSPS) is 15.1. The third-order valence-corrected chi connectivity index (χ3v) is 17.8. The summed E-state index contributed by atoms with van der Waals surface area (Å²) in [5.41, 5.74) is 12.7. The fourth-order valence-electron chi connectivity index (χ4n) is 13.9. The molecular formula is C80H56N2. The summed E-state index contributed by atoms with van der Waals surface area (Å²) < 4.78 is 0. The van der Waals surface area contributed by atoms with Crippen molar-refractivity contribution in [2.75, 3.05) is 9.80 Å². The van der Waals surface area contributed by atoms with Crippen LogP contribution >= 0.6 is 0 Å². The second-order valence-corrected chi connectivity index (χ2v) is 22.8. The summed E-state index contributed by atoms with van der Waals surface area (Å²) in [5.74, 6) is 0. The maximum Gasteiger partial charge on any atom is 0.0540 e. The van der Waals surface area contributed by atoms with Crippen molar-refractivity contribution in [2.45, 2.75) is 25.7 Å². The molecule has 82 heavy (non-hydrogen) atoms. The molecule has 0 saturated carbocycles. The summed E-state index contributed by atoms with van der Waals surface area (Å²) in [5, 5.41) is 22.4. The van der Waals surface area contributed by atoms with Gasteiger partial charge in [-0.2, -0.15) is 0 Å². The van der Waals surface area contributed by atoms with Gasteiger partial charge in [-0.05, 0) is 205 Å². The molecule has 16 rings (SSSR count). The van der Waals surface area contributed by atoms with Crippen molar-refractivity contribution in [3.05, 3.63) is 308 Å². The van der Waals surface area contributed by atoms with Gasteiger partial charge in [-0.15, -0.1) is 0 Å². The molecule has 14 aromatic carbocycles. The van der Waals surface area contributed by atoms with Crippen LogP contribution in [0.15, 0.2) is 297 Å². The first-order chi connectivity index (χ1) is 40.3. The molecule has 0 aliphatic heterocycles. The first-order valence-corrected chi connectivity index (χ1v) is 28.6. The zero-order valence-corrected chi connectivity index (χ0v) is 45.9. The van der Waals surface area contributed by atoms with Gasteiger partial charge in [0.15, 0.2) is 0 Å². The Hall–Kier alpha value is -10.3. The van der Waals surface area contributed by atoms with Gasteiger partial charge in [-0.25, -0.2) is 0 Å². The molecule has 0 heterocycles. The number of benzene rings is 14. The minimum absolute atomic E-state index is 0.282. The van der Waals surface area contributed by atoms with Crippen LogP contribution < -0.4 is 9.80 Å². The van der Waals surface area contributed by atoms with E-state index in [-0.39, 0.29) is 5.41 Å². The van der Waals surface area contributed by atoms with E-state index in [1.165, 1.54) is 119 Å². The van der Waals surface area contributed by atoms with E-state index < -0.39 is 0 Å². The lowest BCUT2D eigenvalue weighted by atomic mass is 9.80. The number of hydrogen-bond donors (Lipinski definition) is 0. The van der Waals surface area contributed by atoms with E-state index in [0.29, 0.717) is 0 Å². The molecule has 0 unspecified atom stereocenters. The summed E-state index contributed by atoms with van der Waals surface area (Å²) in [4.78, 5) is 4.88. The molecule has 2 nitrogen and oxygen atoms in total. The van der Waals surface area contributed by atoms with E-state index in [1.54, 1.807) is 0 Å². The maximum absolute atomic E-state index is 4.48. The highest BCUT2D eigenvalue weighted by molar-refractivity contribution is 6.29. The topological polar surface area (TPSA) is 6.48 Å². The first kappa shape index (κ1) is 47.7. The van der Waals surface area contributed by atoms with Gasteiger partial charge in [0.05, 0.1) is 11.4 Å². The maximum atomic E-state index is 4.48. The van der Waals surface area contributed by atoms with Crippen LogP contribution in [0.2, 0.25) is 0 Å². The SMILES string of the molecule is C=C1C=C(N(c2ccc3c(c2)c2ccccc2c2cc4c(cc32)C(C)(C)c2cc3c5ccc(N(c6ccc7ccccc7c6)c6cccc7ccccc67)cc5c5ccccc5c3cc2-4)c2cccc3ccccc23)/C=C\C/C=C\C=C/1. The standard InChI is InChI=1S/C80H56N2/c1-51-21-7-5-4-6-8-28-56(43-51)81(78-35-19-26-53-23-11-13-29-60(53)78)58-39-41-66-68(45-58)62-31-15-17-33-64(62)70-47-74-75-48-71-65-34-18-16-32-63(65)69-46-59(40-42-67(69)73(71)50-77(75)80(2,3)76(74)49-72(66)70)82(57-38-37-52-22-9-10-25-55(52)44-57)79-36-20-27-54-24-12-14-30-61(54)79/h4-5,7-50H,1,6H2,2-3H3/b5-4-,21-7-,28-8-,56-43?. The summed E-state index contributed by atoms with van der Waals surface area (Å²) in [6.07, 6.45) is 16.0. The smallest absolute Gasteiger partial charge is 0.0540 e. The van der Waals surface area contributed by atoms with Crippen molar-refractivity contribution in [3.63, 3.8) is 0 Å². The van der Waals surface area contributed by atoms with Gasteiger partial charge >= 0.3 is 0 Å². The van der Waals surface area contributed by atoms with E-state index in [1.807, 2.05) is 0 Å². The highest BCUT2D eigenvalue weighted by atomic mass is 15.2. The Balaban J connectivity index is 0.882. The number of rotatable bonds is 6. The fourth-order valence-corrected chi connectivity index (χ4v) is 13.9. The van der Waals surface area contributed by atoms with E-state index in [0.717, 1.165) is 46.1 Å². The number of anilines is 5. The lowest BCUT2D eigenvalue weighted by Gasteiger charge is -2.29. The molecule has 2 heteroatoms. The van der Waals surface area contributed by atoms with Crippen molar-refractivity contribution >= 4 is 125 Å². The quantitative estimate of drug-likeness (QED) is 0.153. The molecule has 0 N–H and O–H groups in total. The average Bonchev–Trinajstić information content (AvgIpc) is 3.52. The molecule has 2 aliphatic rings. The Kier molecular flexibility index (Phi) is 10.9. The minimum atomic E-state index is -0.282. The molecule has 386 valence electrons. The van der Waals surface area contributed by atoms with Gasteiger partial charge in [0, 0.05) is 38.9 Å². The second kappa shape index (κ2) is 18.7. The first-order valence-electron chi connectivity index (χ1n) is 28.6. The lowest BCUT2D eigenvalue weighted by Crippen LogP contribution is -2.16. The fraction of sp³-hybridized carbons (Fsp3) is 0.0500. The molecular weight excluding hydrogens is 989 g/mol. The van der Waals surface area contributed by atoms with Crippen LogP contribution in [0.3, 0.4) is 0 Å². The molecule has 0 radical (unpaired) electrons. The van der Waals surface area contributed by atoms with Gasteiger partial charge in [-0.3, -0.25) is 0 Å². The Morgan fingerprint density at radius 2 is 0.756 bits per heavy atom. The molecule has 0 atom stereocenters. The van der Waals surface area contributed by atoms with Crippen molar-refractivity contribution in [1.82, 2.24) is 0 Å². The predicted octanol–water partition coefficient (Wildman–Crippen LogP) is 22.5. The zero-order valence-electron chi connectivity index (χ0n) is 45.9. The lowest BCUT2D eigenvalue weighted by molar-refractivity contribution is 0.662. The molecule has 0 spiro atoms. The number of allylic oxidation sites excluding steroid dienone is 8. The average molecular weight is 1050 g/mol. The zero-order chi connectivity index (χ0) is 54.6. The number of fused-ring (bicyclic) bond motifs is 18. The van der Waals surface area contributed by atoms with Crippen LogP contribution in [0.25, 0.3) is 108 Å². The molecule has 0 fully saturated rings. The largest absolute Gasteiger partial charge is 0.310 e. The van der Waals surface area contributed by atoms with Crippen LogP contribution in [0.4, 0.5) is 28.4 Å². The number of hydrogen-bond acceptors (Lipinski definition) is 2. The Bertz CT molecular complexity index is 5190. The second-order valence-electron chi connectivity index (χ2n) is 22.8. The summed E-state index contributed by atoms with van der Waals surface area (Å²) in [7, 11) is 0. The summed E-state index contributed by atoms with van der Waals surface area (Å²) >= 11 is 0. The third-order valence-electron chi connectivity index (χ3n) is 17.8. The molecule has 2 aliphatic carbocycles. The van der Waals surface area contributed by atoms with Gasteiger partial charge in [0.25, 0.3) is 0 Å². The monoisotopic (exact) mass is 1040 g/mol. The Morgan fingerprint density at radius 3 is 1.33 bits per heavy atom. The highest BCUT2D eigenvalue weighted by Gasteiger charge is 2.37. The Labute approximate surface area is 477 Å². The molecule has 0 bridgehead atoms. The highest BCUT2D eigenvalue weighted by Crippen LogP contribution is 2.54. The van der Waals surface area contributed by atoms with E-state index in [2.05, 4.69) is 309 Å². The van der Waals surface area contributed by atoms with Crippen molar-refractivity contribution < 1.29 is 0 Å². The molecule has 14 aromatic rings. The molecule has 0 amide bonds. The van der Waals surface area contributed by atoms with Gasteiger partial charge < -0.3 is 9.80 Å². The van der Waals surface area contributed by atoms with Crippen LogP contribution in [0, 0.1) is 0 Å². The van der Waals surface area contributed by atoms with Gasteiger partial charge in [0.2, 0.25) is 0 Å². The summed E-state index contributed by atoms with van der Waals surface area (Å²) in [6.45, 7) is 9.35. The van der Waals surface area contributed by atoms with E-state index in [4.69, 9.17) is 0 Å². The van der Waals surface area contributed by atoms with Crippen LogP contribution in [-0.4, -0.2) is 0 Å². The minimum Gasteiger partial charge on any atom is -0.310 e. The Morgan fingerprint density at radius 1 is 0.329 bits per heavy atom. The van der Waals surface area contributed by atoms with E-state index >= 15 is 0 Å². The van der Waals surface area contributed by atoms with Crippen LogP contribution in [0.5, 0.6) is 0 Å². The van der Waals surface area contributed by atoms with Crippen LogP contribution in [0.1, 0.15) is 31.4 Å². The van der Waals surface area contributed by atoms with E-state index in [9.17, 15) is 0 Å². The third kappa shape index (κ3) is 7.49. The molecule has 0 aromatic heterocycles. The van der Waals surface area contributed by atoms with Crippen molar-refractivity contribution in [2.24, 2.45) is 0 Å². The van der Waals surface area contributed by atoms with Gasteiger partial charge in [-0.1, -0.05) is 215 Å². The van der Waals surface area contributed by atoms with Crippen molar-refractivity contribution in [3.8, 4) is 11.1 Å².